The highest BCUT2D eigenvalue weighted by Crippen LogP contribution is 2.37. The van der Waals surface area contributed by atoms with Gasteiger partial charge in [0.15, 0.2) is 0 Å². The van der Waals surface area contributed by atoms with Crippen LogP contribution in [0.4, 0.5) is 17.1 Å². The van der Waals surface area contributed by atoms with Crippen LogP contribution in [-0.4, -0.2) is 17.9 Å². The van der Waals surface area contributed by atoms with Crippen molar-refractivity contribution in [2.75, 3.05) is 17.7 Å². The van der Waals surface area contributed by atoms with Crippen LogP contribution in [0, 0.1) is 10.1 Å². The van der Waals surface area contributed by atoms with Gasteiger partial charge in [0.25, 0.3) is 11.6 Å². The quantitative estimate of drug-likeness (QED) is 0.523. The summed E-state index contributed by atoms with van der Waals surface area (Å²) >= 11 is 0. The molecule has 3 aromatic carbocycles. The summed E-state index contributed by atoms with van der Waals surface area (Å²) in [5.74, 6) is -0.330. The maximum atomic E-state index is 12.4. The minimum atomic E-state index is -0.444. The number of nitrogens with zero attached hydrogens (tertiary/aromatic N) is 1. The van der Waals surface area contributed by atoms with Gasteiger partial charge in [0.2, 0.25) is 0 Å². The summed E-state index contributed by atoms with van der Waals surface area (Å²) in [6.45, 7) is 0. The molecule has 0 atom stereocenters. The van der Waals surface area contributed by atoms with E-state index >= 15 is 0 Å². The topological polar surface area (TPSA) is 84.3 Å². The Balaban J connectivity index is 2.05. The van der Waals surface area contributed by atoms with Crippen molar-refractivity contribution >= 4 is 23.0 Å². The monoisotopic (exact) mass is 347 g/mol. The Kier molecular flexibility index (Phi) is 4.94. The van der Waals surface area contributed by atoms with Crippen molar-refractivity contribution in [3.05, 3.63) is 88.5 Å². The summed E-state index contributed by atoms with van der Waals surface area (Å²) in [5, 5.41) is 17.3. The maximum Gasteiger partial charge on any atom is 0.279 e. The highest BCUT2D eigenvalue weighted by molar-refractivity contribution is 6.06. The molecule has 0 saturated heterocycles. The molecule has 2 N–H and O–H groups in total. The number of hydrogen-bond donors (Lipinski definition) is 2. The molecule has 1 amide bonds. The van der Waals surface area contributed by atoms with E-state index in [0.717, 1.165) is 5.56 Å². The van der Waals surface area contributed by atoms with E-state index in [-0.39, 0.29) is 11.6 Å². The fourth-order valence-corrected chi connectivity index (χ4v) is 2.68. The molecule has 0 radical (unpaired) electrons. The molecule has 0 bridgehead atoms. The van der Waals surface area contributed by atoms with E-state index in [1.807, 2.05) is 36.4 Å². The zero-order valence-corrected chi connectivity index (χ0v) is 14.1. The van der Waals surface area contributed by atoms with Crippen molar-refractivity contribution in [1.29, 1.82) is 0 Å². The normalized spacial score (nSPS) is 10.2. The zero-order chi connectivity index (χ0) is 18.5. The van der Waals surface area contributed by atoms with Crippen LogP contribution in [0.2, 0.25) is 0 Å². The number of nitrogens with one attached hydrogen (secondary N) is 2. The molecule has 0 unspecified atom stereocenters. The fraction of sp³-hybridized carbons (Fsp3) is 0.0500. The Labute approximate surface area is 150 Å². The first-order valence-corrected chi connectivity index (χ1v) is 8.02. The van der Waals surface area contributed by atoms with Crippen molar-refractivity contribution in [3.63, 3.8) is 0 Å². The second kappa shape index (κ2) is 7.48. The number of carbonyl (C=O) groups excluding carboxylic acids is 1. The van der Waals surface area contributed by atoms with Crippen LogP contribution in [-0.2, 0) is 0 Å². The lowest BCUT2D eigenvalue weighted by atomic mass is 10.0. The molecule has 0 fully saturated rings. The third-order valence-electron chi connectivity index (χ3n) is 3.97. The molecule has 130 valence electrons. The summed E-state index contributed by atoms with van der Waals surface area (Å²) in [6, 6.07) is 20.9. The van der Waals surface area contributed by atoms with Crippen LogP contribution in [0.25, 0.3) is 11.1 Å². The minimum absolute atomic E-state index is 0.0708. The summed E-state index contributed by atoms with van der Waals surface area (Å²) in [6.07, 6.45) is 0. The van der Waals surface area contributed by atoms with E-state index in [9.17, 15) is 14.9 Å². The van der Waals surface area contributed by atoms with Crippen molar-refractivity contribution in [1.82, 2.24) is 0 Å². The Morgan fingerprint density at radius 3 is 2.12 bits per heavy atom. The molecule has 0 spiro atoms. The average molecular weight is 347 g/mol. The van der Waals surface area contributed by atoms with Gasteiger partial charge in [-0.05, 0) is 23.8 Å². The Morgan fingerprint density at radius 2 is 1.54 bits per heavy atom. The Bertz CT molecular complexity index is 941. The van der Waals surface area contributed by atoms with E-state index in [1.54, 1.807) is 37.4 Å². The van der Waals surface area contributed by atoms with Gasteiger partial charge in [0, 0.05) is 18.7 Å². The molecule has 26 heavy (non-hydrogen) atoms. The van der Waals surface area contributed by atoms with Gasteiger partial charge >= 0.3 is 0 Å². The molecule has 3 aromatic rings. The number of rotatable bonds is 5. The molecule has 3 rings (SSSR count). The second-order valence-corrected chi connectivity index (χ2v) is 5.61. The highest BCUT2D eigenvalue weighted by atomic mass is 16.6. The van der Waals surface area contributed by atoms with Gasteiger partial charge in [-0.15, -0.1) is 0 Å². The van der Waals surface area contributed by atoms with Crippen molar-refractivity contribution in [3.8, 4) is 11.1 Å². The average Bonchev–Trinajstić information content (AvgIpc) is 2.69. The lowest BCUT2D eigenvalue weighted by Crippen LogP contribution is -2.13. The van der Waals surface area contributed by atoms with Crippen LogP contribution in [0.1, 0.15) is 10.4 Å². The summed E-state index contributed by atoms with van der Waals surface area (Å²) in [5.41, 5.74) is 2.57. The number of nitro benzene ring substituents is 1. The summed E-state index contributed by atoms with van der Waals surface area (Å²) < 4.78 is 0. The smallest absolute Gasteiger partial charge is 0.279 e. The third-order valence-corrected chi connectivity index (χ3v) is 3.97. The number of hydrogen-bond acceptors (Lipinski definition) is 4. The van der Waals surface area contributed by atoms with E-state index in [1.165, 1.54) is 6.07 Å². The predicted octanol–water partition coefficient (Wildman–Crippen LogP) is 4.56. The number of carbonyl (C=O) groups is 1. The molecular formula is C20H17N3O3. The molecule has 0 aliphatic heterocycles. The van der Waals surface area contributed by atoms with Crippen molar-refractivity contribution in [2.45, 2.75) is 0 Å². The molecule has 0 heterocycles. The van der Waals surface area contributed by atoms with E-state index < -0.39 is 4.92 Å². The third kappa shape index (κ3) is 3.54. The van der Waals surface area contributed by atoms with Gasteiger partial charge in [-0.2, -0.15) is 0 Å². The van der Waals surface area contributed by atoms with Crippen LogP contribution < -0.4 is 10.6 Å². The number of benzene rings is 3. The van der Waals surface area contributed by atoms with Crippen LogP contribution in [0.5, 0.6) is 0 Å². The van der Waals surface area contributed by atoms with Crippen LogP contribution in [0.3, 0.4) is 0 Å². The number of nitro groups is 1. The first kappa shape index (κ1) is 17.2. The first-order chi connectivity index (χ1) is 12.6. The lowest BCUT2D eigenvalue weighted by molar-refractivity contribution is -0.384. The Hall–Kier alpha value is -3.67. The summed E-state index contributed by atoms with van der Waals surface area (Å²) in [7, 11) is 1.70. The zero-order valence-electron chi connectivity index (χ0n) is 14.1. The summed E-state index contributed by atoms with van der Waals surface area (Å²) in [4.78, 5) is 23.5. The van der Waals surface area contributed by atoms with Gasteiger partial charge in [0.1, 0.15) is 0 Å². The molecule has 0 aromatic heterocycles. The molecule has 0 aliphatic rings. The number of anilines is 2. The van der Waals surface area contributed by atoms with Gasteiger partial charge in [-0.3, -0.25) is 14.9 Å². The molecule has 6 nitrogen and oxygen atoms in total. The molecular weight excluding hydrogens is 330 g/mol. The first-order valence-electron chi connectivity index (χ1n) is 8.02. The Morgan fingerprint density at radius 1 is 0.923 bits per heavy atom. The van der Waals surface area contributed by atoms with Gasteiger partial charge in [-0.25, -0.2) is 0 Å². The maximum absolute atomic E-state index is 12.4. The van der Waals surface area contributed by atoms with Crippen LogP contribution in [0.15, 0.2) is 72.8 Å². The molecule has 6 heteroatoms. The highest BCUT2D eigenvalue weighted by Gasteiger charge is 2.20. The van der Waals surface area contributed by atoms with Crippen molar-refractivity contribution < 1.29 is 9.72 Å². The van der Waals surface area contributed by atoms with Gasteiger partial charge in [0.05, 0.1) is 21.9 Å². The predicted molar refractivity (Wildman–Crippen MR) is 102 cm³/mol. The molecule has 0 saturated carbocycles. The van der Waals surface area contributed by atoms with Gasteiger partial charge in [-0.1, -0.05) is 48.5 Å². The second-order valence-electron chi connectivity index (χ2n) is 5.61. The van der Waals surface area contributed by atoms with Crippen molar-refractivity contribution in [2.24, 2.45) is 0 Å². The molecule has 0 aliphatic carbocycles. The lowest BCUT2D eigenvalue weighted by Gasteiger charge is -2.13. The fourth-order valence-electron chi connectivity index (χ4n) is 2.68. The number of amides is 1. The standard InChI is InChI=1S/C20H17N3O3/c1-21-17-12-16(14-8-4-2-5-9-14)19(23(25)26)13-18(17)22-20(24)15-10-6-3-7-11-15/h2-13,21H,1H3,(H,22,24). The largest absolute Gasteiger partial charge is 0.386 e. The van der Waals surface area contributed by atoms with E-state index in [2.05, 4.69) is 10.6 Å². The van der Waals surface area contributed by atoms with E-state index in [4.69, 9.17) is 0 Å². The van der Waals surface area contributed by atoms with E-state index in [0.29, 0.717) is 22.5 Å². The SMILES string of the molecule is CNc1cc(-c2ccccc2)c([N+](=O)[O-])cc1NC(=O)c1ccccc1. The van der Waals surface area contributed by atoms with Gasteiger partial charge < -0.3 is 10.6 Å². The minimum Gasteiger partial charge on any atom is -0.386 e. The van der Waals surface area contributed by atoms with Crippen LogP contribution >= 0.6 is 0 Å².